The summed E-state index contributed by atoms with van der Waals surface area (Å²) < 4.78 is 0. The predicted octanol–water partition coefficient (Wildman–Crippen LogP) is 4.30. The Hall–Kier alpha value is -0.596. The van der Waals surface area contributed by atoms with Crippen LogP contribution in [0.5, 0.6) is 0 Å². The maximum absolute atomic E-state index is 4.58. The minimum Gasteiger partial charge on any atom is -0.373 e. The van der Waals surface area contributed by atoms with Crippen LogP contribution in [-0.2, 0) is 44.5 Å². The van der Waals surface area contributed by atoms with E-state index in [9.17, 15) is 0 Å². The van der Waals surface area contributed by atoms with Crippen LogP contribution in [0.1, 0.15) is 57.3 Å². The summed E-state index contributed by atoms with van der Waals surface area (Å²) in [6.45, 7) is 12.4. The van der Waals surface area contributed by atoms with Crippen molar-refractivity contribution in [2.45, 2.75) is 53.4 Å². The maximum atomic E-state index is 4.58. The van der Waals surface area contributed by atoms with Crippen molar-refractivity contribution >= 4 is 0 Å². The number of aryl methyl sites for hydroxylation is 1. The summed E-state index contributed by atoms with van der Waals surface area (Å²) in [4.78, 5) is 8.78. The molecule has 0 spiro atoms. The first-order valence-electron chi connectivity index (χ1n) is 7.18. The molecule has 0 aliphatic carbocycles. The van der Waals surface area contributed by atoms with Gasteiger partial charge >= 0.3 is 0 Å². The number of hydrogen-bond acceptors (Lipinski definition) is 2. The Balaban J connectivity index is 0.00000128. The van der Waals surface area contributed by atoms with E-state index >= 15 is 0 Å². The first-order chi connectivity index (χ1) is 9.47. The Morgan fingerprint density at radius 1 is 1.14 bits per heavy atom. The Morgan fingerprint density at radius 3 is 2.33 bits per heavy atom. The van der Waals surface area contributed by atoms with Crippen LogP contribution < -0.4 is 0 Å². The third kappa shape index (κ3) is 6.36. The fourth-order valence-electron chi connectivity index (χ4n) is 1.93. The summed E-state index contributed by atoms with van der Waals surface area (Å²) in [6.07, 6.45) is 3.91. The molecule has 21 heavy (non-hydrogen) atoms. The van der Waals surface area contributed by atoms with Gasteiger partial charge in [0.15, 0.2) is 0 Å². The van der Waals surface area contributed by atoms with Crippen molar-refractivity contribution in [3.8, 4) is 0 Å². The summed E-state index contributed by atoms with van der Waals surface area (Å²) in [5.41, 5.74) is 3.29. The summed E-state index contributed by atoms with van der Waals surface area (Å²) >= 11 is 0. The summed E-state index contributed by atoms with van der Waals surface area (Å²) in [5, 5.41) is 0. The molecule has 1 aromatic heterocycles. The molecule has 0 aliphatic rings. The molecule has 2 aromatic rings. The second kappa shape index (κ2) is 9.43. The van der Waals surface area contributed by atoms with E-state index in [0.717, 1.165) is 29.1 Å². The molecule has 0 saturated heterocycles. The fraction of sp³-hybridized carbons (Fsp3) is 0.444. The molecule has 0 N–H and O–H groups in total. The average Bonchev–Trinajstić information content (AvgIpc) is 2.43. The van der Waals surface area contributed by atoms with Gasteiger partial charge in [0.2, 0.25) is 0 Å². The number of hydrogen-bond donors (Lipinski definition) is 0. The zero-order valence-corrected chi connectivity index (χ0v) is 16.8. The largest absolute Gasteiger partial charge is 0.373 e. The van der Waals surface area contributed by atoms with Gasteiger partial charge in [0.05, 0.1) is 0 Å². The van der Waals surface area contributed by atoms with Crippen LogP contribution in [0.3, 0.4) is 0 Å². The third-order valence-corrected chi connectivity index (χ3v) is 2.76. The van der Waals surface area contributed by atoms with E-state index in [-0.39, 0.29) is 38.1 Å². The molecule has 0 aliphatic heterocycles. The van der Waals surface area contributed by atoms with Gasteiger partial charge in [0.25, 0.3) is 0 Å². The van der Waals surface area contributed by atoms with E-state index in [0.29, 0.717) is 0 Å². The van der Waals surface area contributed by atoms with E-state index in [4.69, 9.17) is 0 Å². The van der Waals surface area contributed by atoms with Gasteiger partial charge < -0.3 is 9.97 Å². The van der Waals surface area contributed by atoms with Crippen LogP contribution in [0, 0.1) is 19.2 Å². The smallest absolute Gasteiger partial charge is 0.0107 e. The second-order valence-corrected chi connectivity index (χ2v) is 5.52. The Labute approximate surface area is 154 Å². The zero-order valence-electron chi connectivity index (χ0n) is 14.0. The van der Waals surface area contributed by atoms with Gasteiger partial charge in [-0.15, -0.1) is 5.56 Å². The Morgan fingerprint density at radius 2 is 1.81 bits per heavy atom. The summed E-state index contributed by atoms with van der Waals surface area (Å²) in [6, 6.07) is 11.2. The van der Waals surface area contributed by atoms with Gasteiger partial charge in [0, 0.05) is 38.5 Å². The van der Waals surface area contributed by atoms with Crippen molar-refractivity contribution in [2.75, 3.05) is 0 Å². The molecule has 0 atom stereocenters. The minimum absolute atomic E-state index is 0. The molecular formula is C18H24N2Y-2. The monoisotopic (exact) mass is 357 g/mol. The van der Waals surface area contributed by atoms with Gasteiger partial charge in [-0.25, -0.2) is 0 Å². The molecule has 1 radical (unpaired) electrons. The van der Waals surface area contributed by atoms with Crippen LogP contribution in [0.25, 0.3) is 0 Å². The van der Waals surface area contributed by atoms with Gasteiger partial charge in [-0.3, -0.25) is 0 Å². The second-order valence-electron chi connectivity index (χ2n) is 5.52. The first-order valence-corrected chi connectivity index (χ1v) is 7.18. The molecule has 3 heteroatoms. The molecule has 2 nitrogen and oxygen atoms in total. The van der Waals surface area contributed by atoms with Gasteiger partial charge in [-0.1, -0.05) is 53.4 Å². The zero-order chi connectivity index (χ0) is 15.2. The topological polar surface area (TPSA) is 25.8 Å². The molecule has 0 saturated carbocycles. The third-order valence-electron chi connectivity index (χ3n) is 2.76. The van der Waals surface area contributed by atoms with Crippen molar-refractivity contribution in [2.24, 2.45) is 0 Å². The molecule has 1 heterocycles. The van der Waals surface area contributed by atoms with E-state index in [1.807, 2.05) is 39.0 Å². The van der Waals surface area contributed by atoms with Crippen molar-refractivity contribution in [3.63, 3.8) is 0 Å². The van der Waals surface area contributed by atoms with E-state index in [2.05, 4.69) is 49.1 Å². The molecule has 2 rings (SSSR count). The van der Waals surface area contributed by atoms with Crippen LogP contribution in [-0.4, -0.2) is 9.97 Å². The number of aromatic nitrogens is 2. The average molecular weight is 357 g/mol. The summed E-state index contributed by atoms with van der Waals surface area (Å²) in [5.74, 6) is 0.778. The van der Waals surface area contributed by atoms with Gasteiger partial charge in [0.1, 0.15) is 0 Å². The molecule has 1 aromatic carbocycles. The van der Waals surface area contributed by atoms with Crippen LogP contribution in [0.4, 0.5) is 0 Å². The maximum Gasteiger partial charge on any atom is 0.0107 e. The SMILES string of the molecule is CC.Cc1n[c-]c(Cc2[c-]cccc2)c(C(C)(C)C)n1.[Y]. The van der Waals surface area contributed by atoms with Crippen molar-refractivity contribution in [1.82, 2.24) is 9.97 Å². The molecule has 0 amide bonds. The minimum atomic E-state index is 0. The van der Waals surface area contributed by atoms with Crippen molar-refractivity contribution < 1.29 is 32.7 Å². The normalized spacial score (nSPS) is 10.2. The molecule has 111 valence electrons. The standard InChI is InChI=1S/C16H18N2.C2H6.Y/c1-12-17-11-14(15(18-12)16(2,3)4)10-13-8-6-5-7-9-13;1-2;/h5-8H,10H2,1-4H3;1-2H3;/q-2;;. The molecule has 0 bridgehead atoms. The van der Waals surface area contributed by atoms with Crippen molar-refractivity contribution in [1.29, 1.82) is 0 Å². The van der Waals surface area contributed by atoms with Gasteiger partial charge in [-0.05, 0) is 11.8 Å². The molecule has 0 unspecified atom stereocenters. The Bertz CT molecular complexity index is 531. The quantitative estimate of drug-likeness (QED) is 0.749. The van der Waals surface area contributed by atoms with Crippen LogP contribution in [0.2, 0.25) is 0 Å². The van der Waals surface area contributed by atoms with E-state index in [1.54, 1.807) is 0 Å². The van der Waals surface area contributed by atoms with Crippen LogP contribution >= 0.6 is 0 Å². The predicted molar refractivity (Wildman–Crippen MR) is 83.7 cm³/mol. The first kappa shape index (κ1) is 20.4. The molecule has 0 fully saturated rings. The van der Waals surface area contributed by atoms with Crippen molar-refractivity contribution in [3.05, 3.63) is 59.2 Å². The van der Waals surface area contributed by atoms with Gasteiger partial charge in [-0.2, -0.15) is 35.9 Å². The Kier molecular flexibility index (Phi) is 9.16. The van der Waals surface area contributed by atoms with E-state index in [1.165, 1.54) is 0 Å². The van der Waals surface area contributed by atoms with Crippen LogP contribution in [0.15, 0.2) is 24.3 Å². The summed E-state index contributed by atoms with van der Waals surface area (Å²) in [7, 11) is 0. The number of nitrogens with zero attached hydrogens (tertiary/aromatic N) is 2. The number of rotatable bonds is 2. The fourth-order valence-corrected chi connectivity index (χ4v) is 1.93. The van der Waals surface area contributed by atoms with E-state index < -0.39 is 0 Å². The number of benzene rings is 1. The molecular weight excluding hydrogens is 333 g/mol.